The molecular formula is C27H22N6O4S. The molecule has 0 aliphatic heterocycles. The number of benzene rings is 3. The van der Waals surface area contributed by atoms with Crippen molar-refractivity contribution >= 4 is 39.9 Å². The van der Waals surface area contributed by atoms with Gasteiger partial charge in [0.05, 0.1) is 10.7 Å². The van der Waals surface area contributed by atoms with Gasteiger partial charge in [-0.2, -0.15) is 0 Å². The number of hydrogen-bond acceptors (Lipinski definition) is 8. The Bertz CT molecular complexity index is 1620. The van der Waals surface area contributed by atoms with Crippen LogP contribution in [0.5, 0.6) is 5.75 Å². The maximum Gasteiger partial charge on any atom is 0.274 e. The van der Waals surface area contributed by atoms with E-state index in [1.54, 1.807) is 25.3 Å². The molecule has 0 spiro atoms. The van der Waals surface area contributed by atoms with Gasteiger partial charge < -0.3 is 10.1 Å². The molecule has 0 saturated heterocycles. The molecule has 38 heavy (non-hydrogen) atoms. The van der Waals surface area contributed by atoms with Crippen LogP contribution in [0.1, 0.15) is 11.4 Å². The minimum Gasteiger partial charge on any atom is -0.483 e. The van der Waals surface area contributed by atoms with Gasteiger partial charge in [0.1, 0.15) is 17.9 Å². The number of carbonyl (C=O) groups excluding carboxylic acids is 1. The summed E-state index contributed by atoms with van der Waals surface area (Å²) in [4.78, 5) is 27.8. The third kappa shape index (κ3) is 5.47. The van der Waals surface area contributed by atoms with E-state index < -0.39 is 4.92 Å². The molecule has 11 heteroatoms. The number of thioether (sulfide) groups is 1. The molecule has 5 aromatic rings. The molecule has 0 unspecified atom stereocenters. The second kappa shape index (κ2) is 11.1. The molecule has 10 nitrogen and oxygen atoms in total. The number of ether oxygens (including phenoxy) is 1. The third-order valence-corrected chi connectivity index (χ3v) is 6.62. The highest BCUT2D eigenvalue weighted by Gasteiger charge is 2.18. The molecule has 0 radical (unpaired) electrons. The van der Waals surface area contributed by atoms with E-state index >= 15 is 0 Å². The Balaban J connectivity index is 1.33. The summed E-state index contributed by atoms with van der Waals surface area (Å²) in [5.41, 5.74) is 2.40. The van der Waals surface area contributed by atoms with Crippen molar-refractivity contribution in [3.8, 4) is 11.4 Å². The third-order valence-electron chi connectivity index (χ3n) is 5.69. The molecule has 1 amide bonds. The molecule has 0 aliphatic rings. The molecule has 2 aromatic heterocycles. The van der Waals surface area contributed by atoms with Crippen molar-refractivity contribution in [2.24, 2.45) is 0 Å². The van der Waals surface area contributed by atoms with Crippen LogP contribution in [0.25, 0.3) is 16.6 Å². The van der Waals surface area contributed by atoms with Crippen LogP contribution in [0.4, 0.5) is 11.4 Å². The molecular weight excluding hydrogens is 504 g/mol. The fourth-order valence-corrected chi connectivity index (χ4v) is 4.64. The van der Waals surface area contributed by atoms with Gasteiger partial charge in [0.15, 0.2) is 11.0 Å². The smallest absolute Gasteiger partial charge is 0.274 e. The number of hydrogen-bond donors (Lipinski definition) is 1. The summed E-state index contributed by atoms with van der Waals surface area (Å²) in [6.45, 7) is 1.78. The lowest BCUT2D eigenvalue weighted by atomic mass is 10.2. The van der Waals surface area contributed by atoms with Gasteiger partial charge in [-0.25, -0.2) is 0 Å². The molecule has 0 aliphatic carbocycles. The highest BCUT2D eigenvalue weighted by atomic mass is 32.2. The summed E-state index contributed by atoms with van der Waals surface area (Å²) >= 11 is 1.20. The number of amides is 1. The van der Waals surface area contributed by atoms with Gasteiger partial charge in [0.2, 0.25) is 5.91 Å². The summed E-state index contributed by atoms with van der Waals surface area (Å²) in [6, 6.07) is 23.7. The first-order chi connectivity index (χ1) is 18.5. The Labute approximate surface area is 221 Å². The van der Waals surface area contributed by atoms with E-state index in [-0.39, 0.29) is 24.0 Å². The normalized spacial score (nSPS) is 10.9. The largest absolute Gasteiger partial charge is 0.483 e. The summed E-state index contributed by atoms with van der Waals surface area (Å²) < 4.78 is 7.94. The number of nitrogens with one attached hydrogen (secondary N) is 1. The number of pyridine rings is 1. The number of rotatable bonds is 9. The molecule has 2 heterocycles. The topological polar surface area (TPSA) is 125 Å². The van der Waals surface area contributed by atoms with E-state index in [1.807, 2.05) is 65.2 Å². The molecule has 1 N–H and O–H groups in total. The zero-order valence-electron chi connectivity index (χ0n) is 20.3. The number of nitro benzene ring substituents is 1. The van der Waals surface area contributed by atoms with Crippen LogP contribution in [-0.4, -0.2) is 36.3 Å². The standard InChI is InChI=1S/C27H22N6O4S/c1-18-12-13-20(15-22(18)33(35)36)29-25(34)17-38-27-31-30-24(32(27)21-9-3-2-4-10-21)16-37-23-11-5-7-19-8-6-14-28-26(19)23/h2-15H,16-17H2,1H3,(H,29,34). The SMILES string of the molecule is Cc1ccc(NC(=O)CSc2nnc(COc3cccc4cccnc34)n2-c2ccccc2)cc1[N+](=O)[O-]. The first-order valence-corrected chi connectivity index (χ1v) is 12.6. The molecule has 5 rings (SSSR count). The Morgan fingerprint density at radius 2 is 1.87 bits per heavy atom. The fraction of sp³-hybridized carbons (Fsp3) is 0.111. The summed E-state index contributed by atoms with van der Waals surface area (Å²) in [5, 5.41) is 24.0. The van der Waals surface area contributed by atoms with Gasteiger partial charge >= 0.3 is 0 Å². The number of aromatic nitrogens is 4. The molecule has 3 aromatic carbocycles. The predicted octanol–water partition coefficient (Wildman–Crippen LogP) is 5.34. The number of nitrogens with zero attached hydrogens (tertiary/aromatic N) is 5. The quantitative estimate of drug-likeness (QED) is 0.155. The first kappa shape index (κ1) is 24.9. The van der Waals surface area contributed by atoms with Crippen molar-refractivity contribution in [3.05, 3.63) is 107 Å². The zero-order chi connectivity index (χ0) is 26.5. The lowest BCUT2D eigenvalue weighted by Crippen LogP contribution is -2.15. The Morgan fingerprint density at radius 3 is 2.68 bits per heavy atom. The number of anilines is 1. The lowest BCUT2D eigenvalue weighted by Gasteiger charge is -2.12. The van der Waals surface area contributed by atoms with Crippen molar-refractivity contribution in [2.75, 3.05) is 11.1 Å². The van der Waals surface area contributed by atoms with E-state index in [0.717, 1.165) is 16.6 Å². The van der Waals surface area contributed by atoms with Crippen LogP contribution in [0, 0.1) is 17.0 Å². The number of para-hydroxylation sites is 2. The van der Waals surface area contributed by atoms with E-state index in [1.165, 1.54) is 17.8 Å². The van der Waals surface area contributed by atoms with Gasteiger partial charge in [-0.3, -0.25) is 24.5 Å². The van der Waals surface area contributed by atoms with Crippen molar-refractivity contribution in [2.45, 2.75) is 18.7 Å². The summed E-state index contributed by atoms with van der Waals surface area (Å²) in [6.07, 6.45) is 1.72. The van der Waals surface area contributed by atoms with E-state index in [0.29, 0.717) is 28.0 Å². The fourth-order valence-electron chi connectivity index (χ4n) is 3.87. The molecule has 0 fully saturated rings. The second-order valence-electron chi connectivity index (χ2n) is 8.28. The second-order valence-corrected chi connectivity index (χ2v) is 9.23. The van der Waals surface area contributed by atoms with Crippen molar-refractivity contribution in [3.63, 3.8) is 0 Å². The van der Waals surface area contributed by atoms with Gasteiger partial charge in [0.25, 0.3) is 5.69 Å². The van der Waals surface area contributed by atoms with Crippen LogP contribution >= 0.6 is 11.8 Å². The summed E-state index contributed by atoms with van der Waals surface area (Å²) in [7, 11) is 0. The predicted molar refractivity (Wildman–Crippen MR) is 145 cm³/mol. The van der Waals surface area contributed by atoms with Gasteiger partial charge in [-0.15, -0.1) is 10.2 Å². The van der Waals surface area contributed by atoms with E-state index in [2.05, 4.69) is 20.5 Å². The van der Waals surface area contributed by atoms with E-state index in [4.69, 9.17) is 4.74 Å². The van der Waals surface area contributed by atoms with Crippen LogP contribution in [0.15, 0.2) is 90.2 Å². The van der Waals surface area contributed by atoms with Crippen molar-refractivity contribution in [1.82, 2.24) is 19.7 Å². The number of carbonyl (C=O) groups is 1. The molecule has 0 atom stereocenters. The lowest BCUT2D eigenvalue weighted by molar-refractivity contribution is -0.385. The van der Waals surface area contributed by atoms with Crippen molar-refractivity contribution < 1.29 is 14.5 Å². The highest BCUT2D eigenvalue weighted by molar-refractivity contribution is 7.99. The minimum atomic E-state index is -0.472. The van der Waals surface area contributed by atoms with Crippen molar-refractivity contribution in [1.29, 1.82) is 0 Å². The van der Waals surface area contributed by atoms with Gasteiger partial charge in [-0.05, 0) is 37.3 Å². The first-order valence-electron chi connectivity index (χ1n) is 11.6. The summed E-state index contributed by atoms with van der Waals surface area (Å²) in [5.74, 6) is 0.892. The van der Waals surface area contributed by atoms with E-state index in [9.17, 15) is 14.9 Å². The highest BCUT2D eigenvalue weighted by Crippen LogP contribution is 2.27. The molecule has 0 bridgehead atoms. The average Bonchev–Trinajstić information content (AvgIpc) is 3.35. The number of nitro groups is 1. The maximum absolute atomic E-state index is 12.7. The van der Waals surface area contributed by atoms with Gasteiger partial charge in [-0.1, -0.05) is 54.2 Å². The van der Waals surface area contributed by atoms with Crippen LogP contribution in [0.2, 0.25) is 0 Å². The number of fused-ring (bicyclic) bond motifs is 1. The van der Waals surface area contributed by atoms with Crippen LogP contribution in [0.3, 0.4) is 0 Å². The van der Waals surface area contributed by atoms with Crippen LogP contribution < -0.4 is 10.1 Å². The Morgan fingerprint density at radius 1 is 1.05 bits per heavy atom. The zero-order valence-corrected chi connectivity index (χ0v) is 21.1. The maximum atomic E-state index is 12.7. The minimum absolute atomic E-state index is 0.0285. The Hall–Kier alpha value is -4.77. The number of aryl methyl sites for hydroxylation is 1. The Kier molecular flexibility index (Phi) is 7.27. The molecule has 190 valence electrons. The van der Waals surface area contributed by atoms with Gasteiger partial charge in [0, 0.05) is 34.6 Å². The average molecular weight is 527 g/mol. The van der Waals surface area contributed by atoms with Crippen LogP contribution in [-0.2, 0) is 11.4 Å². The molecule has 0 saturated carbocycles. The monoisotopic (exact) mass is 526 g/mol.